The molecule has 4 aliphatic rings. The summed E-state index contributed by atoms with van der Waals surface area (Å²) in [6.45, 7) is 7.03. The molecule has 0 amide bonds. The van der Waals surface area contributed by atoms with Crippen molar-refractivity contribution in [2.75, 3.05) is 12.3 Å². The molecule has 0 bridgehead atoms. The summed E-state index contributed by atoms with van der Waals surface area (Å²) < 4.78 is 6.54. The highest BCUT2D eigenvalue weighted by molar-refractivity contribution is 9.11. The van der Waals surface area contributed by atoms with Gasteiger partial charge in [0.05, 0.1) is 12.3 Å². The normalized spacial score (nSPS) is 36.6. The van der Waals surface area contributed by atoms with Gasteiger partial charge in [-0.05, 0) is 78.3 Å². The number of carbonyl (C=O) groups is 1. The molecule has 1 saturated carbocycles. The van der Waals surface area contributed by atoms with Crippen LogP contribution in [-0.2, 0) is 16.6 Å². The maximum absolute atomic E-state index is 12.4. The molecule has 0 aliphatic heterocycles. The van der Waals surface area contributed by atoms with Gasteiger partial charge in [0.1, 0.15) is 11.4 Å². The zero-order valence-electron chi connectivity index (χ0n) is 18.1. The van der Waals surface area contributed by atoms with Crippen LogP contribution < -0.4 is 5.73 Å². The number of fused-ring (bicyclic) bond motifs is 7. The summed E-state index contributed by atoms with van der Waals surface area (Å²) in [6, 6.07) is 1.97. The first kappa shape index (κ1) is 20.3. The van der Waals surface area contributed by atoms with Gasteiger partial charge in [-0.15, -0.1) is 0 Å². The van der Waals surface area contributed by atoms with Crippen LogP contribution in [0.2, 0.25) is 0 Å². The number of hydrogen-bond donors (Lipinski definition) is 1. The van der Waals surface area contributed by atoms with Crippen molar-refractivity contribution in [1.82, 2.24) is 4.98 Å². The van der Waals surface area contributed by atoms with Crippen molar-refractivity contribution in [1.29, 1.82) is 0 Å². The average molecular weight is 471 g/mol. The van der Waals surface area contributed by atoms with Gasteiger partial charge >= 0.3 is 5.97 Å². The number of rotatable bonds is 2. The number of anilines is 1. The van der Waals surface area contributed by atoms with Gasteiger partial charge in [0.25, 0.3) is 0 Å². The number of ether oxygens (including phenoxy) is 1. The first-order valence-electron chi connectivity index (χ1n) is 11.3. The fraction of sp³-hybridized carbons (Fsp3) is 0.600. The maximum Gasteiger partial charge on any atom is 0.341 e. The van der Waals surface area contributed by atoms with E-state index in [9.17, 15) is 4.79 Å². The third-order valence-electron chi connectivity index (χ3n) is 8.73. The van der Waals surface area contributed by atoms with Crippen LogP contribution in [0.25, 0.3) is 0 Å². The standard InChI is InChI=1S/C25H31BrN2O2/c1-4-30-23(29)18-11-14-12-20-17-6-5-15-13-16(26)7-9-24(15,2)19(17)8-10-25(20,3)21(14)28-22(18)27/h5,7,11,17,19-20H,4,6,8-10,12-13H2,1-3H3,(H2,27,28)/t17-,19+,20+,24+,25+/m1/s1. The van der Waals surface area contributed by atoms with Crippen LogP contribution in [0, 0.1) is 23.2 Å². The van der Waals surface area contributed by atoms with Crippen molar-refractivity contribution >= 4 is 27.7 Å². The molecule has 0 saturated heterocycles. The smallest absolute Gasteiger partial charge is 0.341 e. The lowest BCUT2D eigenvalue weighted by Gasteiger charge is -2.56. The van der Waals surface area contributed by atoms with Gasteiger partial charge in [-0.3, -0.25) is 0 Å². The van der Waals surface area contributed by atoms with Crippen molar-refractivity contribution in [3.05, 3.63) is 45.1 Å². The van der Waals surface area contributed by atoms with Crippen LogP contribution in [0.4, 0.5) is 5.82 Å². The van der Waals surface area contributed by atoms with Gasteiger partial charge in [-0.2, -0.15) is 0 Å². The molecule has 160 valence electrons. The zero-order chi connectivity index (χ0) is 21.3. The topological polar surface area (TPSA) is 65.2 Å². The Labute approximate surface area is 187 Å². The summed E-state index contributed by atoms with van der Waals surface area (Å²) in [5.74, 6) is 1.88. The van der Waals surface area contributed by atoms with E-state index in [1.54, 1.807) is 5.57 Å². The number of aromatic nitrogens is 1. The van der Waals surface area contributed by atoms with E-state index in [4.69, 9.17) is 15.5 Å². The van der Waals surface area contributed by atoms with Crippen molar-refractivity contribution in [3.8, 4) is 0 Å². The number of halogens is 1. The van der Waals surface area contributed by atoms with Gasteiger partial charge in [-0.25, -0.2) is 9.78 Å². The number of nitrogen functional groups attached to an aromatic ring is 1. The molecule has 5 rings (SSSR count). The summed E-state index contributed by atoms with van der Waals surface area (Å²) >= 11 is 3.73. The fourth-order valence-electron chi connectivity index (χ4n) is 7.11. The Morgan fingerprint density at radius 3 is 2.87 bits per heavy atom. The lowest BCUT2D eigenvalue weighted by molar-refractivity contribution is 0.00920. The SMILES string of the molecule is CCOC(=O)c1cc2c(nc1N)[C@@]1(C)CC[C@H]3[C@@H](CC=C4CC(Br)=CC[C@@]43C)[C@@H]1C2. The minimum absolute atomic E-state index is 0.0462. The maximum atomic E-state index is 12.4. The van der Waals surface area contributed by atoms with E-state index >= 15 is 0 Å². The second-order valence-electron chi connectivity index (χ2n) is 10.1. The van der Waals surface area contributed by atoms with Gasteiger partial charge in [0.15, 0.2) is 0 Å². The average Bonchev–Trinajstić information content (AvgIpc) is 3.00. The van der Waals surface area contributed by atoms with E-state index < -0.39 is 0 Å². The molecule has 1 fully saturated rings. The molecule has 1 aromatic heterocycles. The molecule has 0 aromatic carbocycles. The van der Waals surface area contributed by atoms with E-state index in [2.05, 4.69) is 41.9 Å². The number of nitrogens with zero attached hydrogens (tertiary/aromatic N) is 1. The van der Waals surface area contributed by atoms with Crippen LogP contribution in [-0.4, -0.2) is 17.6 Å². The molecule has 1 aromatic rings. The molecule has 4 nitrogen and oxygen atoms in total. The summed E-state index contributed by atoms with van der Waals surface area (Å²) in [5.41, 5.74) is 10.9. The highest BCUT2D eigenvalue weighted by Crippen LogP contribution is 2.64. The van der Waals surface area contributed by atoms with Gasteiger partial charge in [0, 0.05) is 11.8 Å². The first-order valence-corrected chi connectivity index (χ1v) is 12.1. The number of nitrogens with two attached hydrogens (primary N) is 1. The number of allylic oxidation sites excluding steroid dienone is 4. The molecule has 2 N–H and O–H groups in total. The predicted molar refractivity (Wildman–Crippen MR) is 122 cm³/mol. The number of pyridine rings is 1. The summed E-state index contributed by atoms with van der Waals surface area (Å²) in [7, 11) is 0. The Balaban J connectivity index is 1.51. The second-order valence-corrected chi connectivity index (χ2v) is 11.1. The Morgan fingerprint density at radius 2 is 2.10 bits per heavy atom. The van der Waals surface area contributed by atoms with E-state index in [-0.39, 0.29) is 16.8 Å². The van der Waals surface area contributed by atoms with Crippen LogP contribution in [0.5, 0.6) is 0 Å². The van der Waals surface area contributed by atoms with Crippen LogP contribution in [0.3, 0.4) is 0 Å². The molecular formula is C25H31BrN2O2. The van der Waals surface area contributed by atoms with Gasteiger partial charge in [-0.1, -0.05) is 47.5 Å². The summed E-state index contributed by atoms with van der Waals surface area (Å²) in [4.78, 5) is 17.2. The molecule has 4 aliphatic carbocycles. The van der Waals surface area contributed by atoms with E-state index in [0.717, 1.165) is 37.8 Å². The Bertz CT molecular complexity index is 984. The largest absolute Gasteiger partial charge is 0.462 e. The van der Waals surface area contributed by atoms with Crippen LogP contribution in [0.15, 0.2) is 28.3 Å². The number of esters is 1. The molecule has 1 heterocycles. The van der Waals surface area contributed by atoms with Crippen molar-refractivity contribution < 1.29 is 9.53 Å². The van der Waals surface area contributed by atoms with Crippen molar-refractivity contribution in [2.45, 2.75) is 64.7 Å². The lowest BCUT2D eigenvalue weighted by Crippen LogP contribution is -2.50. The Kier molecular flexibility index (Phi) is 4.70. The quantitative estimate of drug-likeness (QED) is 0.444. The molecule has 0 spiro atoms. The van der Waals surface area contributed by atoms with Gasteiger partial charge in [0.2, 0.25) is 0 Å². The Morgan fingerprint density at radius 1 is 1.30 bits per heavy atom. The number of carbonyl (C=O) groups excluding carboxylic acids is 1. The molecule has 5 atom stereocenters. The molecular weight excluding hydrogens is 440 g/mol. The highest BCUT2D eigenvalue weighted by atomic mass is 79.9. The summed E-state index contributed by atoms with van der Waals surface area (Å²) in [5, 5.41) is 0. The van der Waals surface area contributed by atoms with Crippen LogP contribution >= 0.6 is 15.9 Å². The number of hydrogen-bond acceptors (Lipinski definition) is 4. The first-order chi connectivity index (χ1) is 14.3. The third-order valence-corrected chi connectivity index (χ3v) is 9.33. The monoisotopic (exact) mass is 470 g/mol. The minimum atomic E-state index is -0.361. The fourth-order valence-corrected chi connectivity index (χ4v) is 7.57. The van der Waals surface area contributed by atoms with Crippen molar-refractivity contribution in [3.63, 3.8) is 0 Å². The molecule has 0 radical (unpaired) electrons. The molecule has 5 heteroatoms. The second kappa shape index (κ2) is 6.94. The Hall–Kier alpha value is -1.62. The third kappa shape index (κ3) is 2.77. The van der Waals surface area contributed by atoms with Crippen molar-refractivity contribution in [2.24, 2.45) is 23.2 Å². The van der Waals surface area contributed by atoms with Gasteiger partial charge < -0.3 is 10.5 Å². The molecule has 30 heavy (non-hydrogen) atoms. The summed E-state index contributed by atoms with van der Waals surface area (Å²) in [6.07, 6.45) is 11.7. The highest BCUT2D eigenvalue weighted by Gasteiger charge is 2.57. The van der Waals surface area contributed by atoms with E-state index in [1.807, 2.05) is 13.0 Å². The van der Waals surface area contributed by atoms with E-state index in [1.165, 1.54) is 16.5 Å². The lowest BCUT2D eigenvalue weighted by atomic mass is 9.48. The minimum Gasteiger partial charge on any atom is -0.462 e. The predicted octanol–water partition coefficient (Wildman–Crippen LogP) is 5.71. The molecule has 0 unspecified atom stereocenters. The zero-order valence-corrected chi connectivity index (χ0v) is 19.7. The van der Waals surface area contributed by atoms with Crippen LogP contribution in [0.1, 0.15) is 74.5 Å². The van der Waals surface area contributed by atoms with E-state index in [0.29, 0.717) is 35.7 Å².